The number of nitrogens with zero attached hydrogens (tertiary/aromatic N) is 1. The Hall–Kier alpha value is -2.04. The first kappa shape index (κ1) is 15.5. The maximum Gasteiger partial charge on any atom is 0.251 e. The number of nitrogens with one attached hydrogen (secondary N) is 1. The number of rotatable bonds is 3. The zero-order valence-corrected chi connectivity index (χ0v) is 14.5. The third kappa shape index (κ3) is 3.12. The minimum absolute atomic E-state index is 0.0817. The van der Waals surface area contributed by atoms with E-state index in [2.05, 4.69) is 16.4 Å². The lowest BCUT2D eigenvalue weighted by Gasteiger charge is -2.07. The Bertz CT molecular complexity index is 925. The SMILES string of the molecule is O=C(NCc1ccc(Cl)cc1)c1ccc2nc3c(cc2c1)CCS3. The van der Waals surface area contributed by atoms with Gasteiger partial charge in [-0.1, -0.05) is 23.7 Å². The van der Waals surface area contributed by atoms with Gasteiger partial charge in [-0.05, 0) is 53.9 Å². The van der Waals surface area contributed by atoms with E-state index in [1.54, 1.807) is 11.8 Å². The summed E-state index contributed by atoms with van der Waals surface area (Å²) in [5.41, 5.74) is 3.90. The Morgan fingerprint density at radius 2 is 2.00 bits per heavy atom. The molecule has 1 aromatic heterocycles. The van der Waals surface area contributed by atoms with E-state index in [-0.39, 0.29) is 5.91 Å². The second kappa shape index (κ2) is 6.46. The molecule has 2 aromatic carbocycles. The van der Waals surface area contributed by atoms with Crippen LogP contribution in [0.25, 0.3) is 10.9 Å². The van der Waals surface area contributed by atoms with E-state index in [0.717, 1.165) is 33.7 Å². The van der Waals surface area contributed by atoms with Gasteiger partial charge >= 0.3 is 0 Å². The highest BCUT2D eigenvalue weighted by Crippen LogP contribution is 2.32. The van der Waals surface area contributed by atoms with Crippen LogP contribution in [-0.2, 0) is 13.0 Å². The van der Waals surface area contributed by atoms with Gasteiger partial charge in [0.2, 0.25) is 0 Å². The quantitative estimate of drug-likeness (QED) is 0.754. The van der Waals surface area contributed by atoms with Crippen molar-refractivity contribution in [1.82, 2.24) is 10.3 Å². The lowest BCUT2D eigenvalue weighted by atomic mass is 10.1. The number of carbonyl (C=O) groups is 1. The average Bonchev–Trinajstić information content (AvgIpc) is 3.05. The van der Waals surface area contributed by atoms with E-state index in [1.165, 1.54) is 5.56 Å². The van der Waals surface area contributed by atoms with Gasteiger partial charge in [0.1, 0.15) is 0 Å². The molecule has 1 amide bonds. The first-order valence-corrected chi connectivity index (χ1v) is 9.14. The molecule has 4 rings (SSSR count). The van der Waals surface area contributed by atoms with Crippen molar-refractivity contribution in [3.05, 3.63) is 70.2 Å². The molecule has 0 atom stereocenters. The fourth-order valence-electron chi connectivity index (χ4n) is 2.79. The molecule has 1 aliphatic heterocycles. The summed E-state index contributed by atoms with van der Waals surface area (Å²) in [6.07, 6.45) is 1.05. The minimum Gasteiger partial charge on any atom is -0.348 e. The van der Waals surface area contributed by atoms with Gasteiger partial charge in [-0.2, -0.15) is 0 Å². The first-order valence-electron chi connectivity index (χ1n) is 7.78. The van der Waals surface area contributed by atoms with Crippen LogP contribution in [0.1, 0.15) is 21.5 Å². The van der Waals surface area contributed by atoms with E-state index in [0.29, 0.717) is 17.1 Å². The molecule has 3 nitrogen and oxygen atoms in total. The van der Waals surface area contributed by atoms with Gasteiger partial charge in [0.15, 0.2) is 0 Å². The molecule has 0 bridgehead atoms. The third-order valence-electron chi connectivity index (χ3n) is 4.09. The van der Waals surface area contributed by atoms with Crippen molar-refractivity contribution >= 4 is 40.2 Å². The molecule has 0 unspecified atom stereocenters. The van der Waals surface area contributed by atoms with Gasteiger partial charge in [-0.25, -0.2) is 4.98 Å². The molecule has 0 aliphatic carbocycles. The Morgan fingerprint density at radius 1 is 1.17 bits per heavy atom. The number of carbonyl (C=O) groups excluding carboxylic acids is 1. The smallest absolute Gasteiger partial charge is 0.251 e. The largest absolute Gasteiger partial charge is 0.348 e. The van der Waals surface area contributed by atoms with Gasteiger partial charge in [0, 0.05) is 28.3 Å². The monoisotopic (exact) mass is 354 g/mol. The lowest BCUT2D eigenvalue weighted by molar-refractivity contribution is 0.0951. The van der Waals surface area contributed by atoms with Gasteiger partial charge in [-0.15, -0.1) is 11.8 Å². The Kier molecular flexibility index (Phi) is 4.17. The number of amides is 1. The van der Waals surface area contributed by atoms with Crippen LogP contribution in [0, 0.1) is 0 Å². The van der Waals surface area contributed by atoms with E-state index in [1.807, 2.05) is 42.5 Å². The number of aryl methyl sites for hydroxylation is 1. The van der Waals surface area contributed by atoms with E-state index >= 15 is 0 Å². The first-order chi connectivity index (χ1) is 11.7. The summed E-state index contributed by atoms with van der Waals surface area (Å²) in [6.45, 7) is 0.479. The highest BCUT2D eigenvalue weighted by Gasteiger charge is 2.15. The van der Waals surface area contributed by atoms with Crippen LogP contribution in [0.3, 0.4) is 0 Å². The maximum absolute atomic E-state index is 12.4. The van der Waals surface area contributed by atoms with E-state index < -0.39 is 0 Å². The molecule has 120 valence electrons. The van der Waals surface area contributed by atoms with Crippen LogP contribution in [0.5, 0.6) is 0 Å². The van der Waals surface area contributed by atoms with Gasteiger partial charge in [0.25, 0.3) is 5.91 Å². The number of thioether (sulfide) groups is 1. The predicted octanol–water partition coefficient (Wildman–Crippen LogP) is 4.47. The van der Waals surface area contributed by atoms with E-state index in [4.69, 9.17) is 11.6 Å². The highest BCUT2D eigenvalue weighted by atomic mass is 35.5. The lowest BCUT2D eigenvalue weighted by Crippen LogP contribution is -2.22. The summed E-state index contributed by atoms with van der Waals surface area (Å²) in [7, 11) is 0. The summed E-state index contributed by atoms with van der Waals surface area (Å²) in [4.78, 5) is 17.1. The van der Waals surface area contributed by atoms with Crippen molar-refractivity contribution in [2.45, 2.75) is 18.0 Å². The van der Waals surface area contributed by atoms with Crippen LogP contribution >= 0.6 is 23.4 Å². The molecule has 0 radical (unpaired) electrons. The third-order valence-corrected chi connectivity index (χ3v) is 5.38. The number of pyridine rings is 1. The van der Waals surface area contributed by atoms with Crippen molar-refractivity contribution in [3.8, 4) is 0 Å². The molecule has 2 heterocycles. The zero-order chi connectivity index (χ0) is 16.5. The van der Waals surface area contributed by atoms with Crippen molar-refractivity contribution in [2.75, 3.05) is 5.75 Å². The number of hydrogen-bond acceptors (Lipinski definition) is 3. The Balaban J connectivity index is 1.53. The van der Waals surface area contributed by atoms with Crippen molar-refractivity contribution in [1.29, 1.82) is 0 Å². The average molecular weight is 355 g/mol. The topological polar surface area (TPSA) is 42.0 Å². The summed E-state index contributed by atoms with van der Waals surface area (Å²) >= 11 is 7.67. The van der Waals surface area contributed by atoms with Crippen molar-refractivity contribution < 1.29 is 4.79 Å². The van der Waals surface area contributed by atoms with Crippen molar-refractivity contribution in [3.63, 3.8) is 0 Å². The Labute approximate surface area is 149 Å². The van der Waals surface area contributed by atoms with Gasteiger partial charge < -0.3 is 5.32 Å². The molecular weight excluding hydrogens is 340 g/mol. The minimum atomic E-state index is -0.0817. The number of halogens is 1. The van der Waals surface area contributed by atoms with Crippen LogP contribution in [0.2, 0.25) is 5.02 Å². The molecule has 24 heavy (non-hydrogen) atoms. The van der Waals surface area contributed by atoms with E-state index in [9.17, 15) is 4.79 Å². The zero-order valence-electron chi connectivity index (χ0n) is 12.9. The number of fused-ring (bicyclic) bond motifs is 2. The number of aromatic nitrogens is 1. The standard InChI is InChI=1S/C19H15ClN2OS/c20-16-4-1-12(2-5-16)11-21-18(23)13-3-6-17-15(9-13)10-14-7-8-24-19(14)22-17/h1-6,9-10H,7-8,11H2,(H,21,23). The summed E-state index contributed by atoms with van der Waals surface area (Å²) in [6, 6.07) is 15.3. The molecule has 0 saturated carbocycles. The summed E-state index contributed by atoms with van der Waals surface area (Å²) in [5.74, 6) is 1.01. The predicted molar refractivity (Wildman–Crippen MR) is 98.8 cm³/mol. The molecule has 0 saturated heterocycles. The fourth-order valence-corrected chi connectivity index (χ4v) is 3.94. The second-order valence-corrected chi connectivity index (χ2v) is 7.29. The Morgan fingerprint density at radius 3 is 2.83 bits per heavy atom. The molecule has 1 N–H and O–H groups in total. The van der Waals surface area contributed by atoms with Crippen LogP contribution in [0.15, 0.2) is 53.6 Å². The molecule has 1 aliphatic rings. The maximum atomic E-state index is 12.4. The van der Waals surface area contributed by atoms with Crippen LogP contribution < -0.4 is 5.32 Å². The fraction of sp³-hybridized carbons (Fsp3) is 0.158. The van der Waals surface area contributed by atoms with Gasteiger partial charge in [-0.3, -0.25) is 4.79 Å². The highest BCUT2D eigenvalue weighted by molar-refractivity contribution is 7.99. The molecule has 3 aromatic rings. The van der Waals surface area contributed by atoms with Crippen LogP contribution in [-0.4, -0.2) is 16.6 Å². The number of benzene rings is 2. The normalized spacial score (nSPS) is 13.0. The van der Waals surface area contributed by atoms with Crippen LogP contribution in [0.4, 0.5) is 0 Å². The summed E-state index contributed by atoms with van der Waals surface area (Å²) < 4.78 is 0. The summed E-state index contributed by atoms with van der Waals surface area (Å²) in [5, 5.41) is 5.79. The molecule has 5 heteroatoms. The molecular formula is C19H15ClN2OS. The van der Waals surface area contributed by atoms with Gasteiger partial charge in [0.05, 0.1) is 10.5 Å². The van der Waals surface area contributed by atoms with Crippen molar-refractivity contribution in [2.24, 2.45) is 0 Å². The molecule has 0 fully saturated rings. The second-order valence-electron chi connectivity index (χ2n) is 5.77. The number of hydrogen-bond donors (Lipinski definition) is 1. The molecule has 0 spiro atoms.